The first-order valence-corrected chi connectivity index (χ1v) is 8.14. The van der Waals surface area contributed by atoms with Crippen molar-refractivity contribution in [1.29, 1.82) is 0 Å². The summed E-state index contributed by atoms with van der Waals surface area (Å²) >= 11 is 0. The van der Waals surface area contributed by atoms with Crippen molar-refractivity contribution < 1.29 is 18.3 Å². The van der Waals surface area contributed by atoms with E-state index in [-0.39, 0.29) is 11.5 Å². The molecule has 19 heavy (non-hydrogen) atoms. The molecule has 0 aromatic heterocycles. The third-order valence-electron chi connectivity index (χ3n) is 3.28. The van der Waals surface area contributed by atoms with Crippen LogP contribution in [0.2, 0.25) is 0 Å². The molecule has 0 unspecified atom stereocenters. The summed E-state index contributed by atoms with van der Waals surface area (Å²) in [4.78, 5) is 0.224. The maximum absolute atomic E-state index is 11.4. The molecule has 0 amide bonds. The van der Waals surface area contributed by atoms with Crippen molar-refractivity contribution >= 4 is 9.84 Å². The Morgan fingerprint density at radius 1 is 1.37 bits per heavy atom. The van der Waals surface area contributed by atoms with Crippen molar-refractivity contribution in [2.24, 2.45) is 0 Å². The van der Waals surface area contributed by atoms with Crippen molar-refractivity contribution in [3.05, 3.63) is 24.3 Å². The number of ether oxygens (including phenoxy) is 1. The van der Waals surface area contributed by atoms with Gasteiger partial charge in [-0.3, -0.25) is 0 Å². The lowest BCUT2D eigenvalue weighted by Gasteiger charge is -2.32. The number of nitrogens with one attached hydrogen (secondary N) is 1. The maximum Gasteiger partial charge on any atom is 0.175 e. The highest BCUT2D eigenvalue weighted by molar-refractivity contribution is 7.90. The quantitative estimate of drug-likeness (QED) is 0.846. The van der Waals surface area contributed by atoms with Gasteiger partial charge in [-0.2, -0.15) is 0 Å². The van der Waals surface area contributed by atoms with Gasteiger partial charge in [-0.25, -0.2) is 8.42 Å². The number of rotatable bonds is 4. The van der Waals surface area contributed by atoms with E-state index in [2.05, 4.69) is 5.32 Å². The Balaban J connectivity index is 2.03. The van der Waals surface area contributed by atoms with E-state index in [1.165, 1.54) is 12.1 Å². The third-order valence-corrected chi connectivity index (χ3v) is 4.39. The molecular formula is C13H19NO4S. The van der Waals surface area contributed by atoms with Crippen LogP contribution in [0.3, 0.4) is 0 Å². The second-order valence-electron chi connectivity index (χ2n) is 5.01. The van der Waals surface area contributed by atoms with Crippen molar-refractivity contribution in [3.63, 3.8) is 0 Å². The molecule has 0 atom stereocenters. The topological polar surface area (TPSA) is 75.6 Å². The van der Waals surface area contributed by atoms with Gasteiger partial charge in [0.1, 0.15) is 18.0 Å². The highest BCUT2D eigenvalue weighted by Gasteiger charge is 2.29. The summed E-state index contributed by atoms with van der Waals surface area (Å²) in [6.45, 7) is 1.72. The average Bonchev–Trinajstić information content (AvgIpc) is 2.37. The van der Waals surface area contributed by atoms with Gasteiger partial charge in [-0.05, 0) is 44.1 Å². The fraction of sp³-hybridized carbons (Fsp3) is 0.538. The van der Waals surface area contributed by atoms with Crippen LogP contribution in [0.4, 0.5) is 0 Å². The fourth-order valence-corrected chi connectivity index (χ4v) is 2.70. The molecule has 0 aliphatic carbocycles. The van der Waals surface area contributed by atoms with E-state index in [1.54, 1.807) is 12.1 Å². The molecule has 5 nitrogen and oxygen atoms in total. The van der Waals surface area contributed by atoms with Gasteiger partial charge < -0.3 is 15.2 Å². The summed E-state index contributed by atoms with van der Waals surface area (Å²) < 4.78 is 28.4. The maximum atomic E-state index is 11.4. The number of piperidine rings is 1. The number of hydrogen-bond acceptors (Lipinski definition) is 5. The highest BCUT2D eigenvalue weighted by atomic mass is 32.2. The molecule has 1 saturated heterocycles. The Hall–Kier alpha value is -1.11. The van der Waals surface area contributed by atoms with Crippen LogP contribution in [0.15, 0.2) is 29.2 Å². The van der Waals surface area contributed by atoms with Gasteiger partial charge in [0, 0.05) is 6.26 Å². The molecule has 1 aliphatic rings. The van der Waals surface area contributed by atoms with Gasteiger partial charge in [0.15, 0.2) is 9.84 Å². The molecule has 0 radical (unpaired) electrons. The van der Waals surface area contributed by atoms with E-state index in [4.69, 9.17) is 4.74 Å². The van der Waals surface area contributed by atoms with E-state index in [9.17, 15) is 13.5 Å². The lowest BCUT2D eigenvalue weighted by Crippen LogP contribution is -2.45. The highest BCUT2D eigenvalue weighted by Crippen LogP contribution is 2.22. The zero-order valence-electron chi connectivity index (χ0n) is 10.9. The minimum Gasteiger partial charge on any atom is -0.491 e. The minimum absolute atomic E-state index is 0.182. The van der Waals surface area contributed by atoms with Crippen molar-refractivity contribution in [2.75, 3.05) is 26.0 Å². The van der Waals surface area contributed by atoms with E-state index in [1.807, 2.05) is 0 Å². The lowest BCUT2D eigenvalue weighted by atomic mass is 9.94. The molecule has 1 aliphatic heterocycles. The summed E-state index contributed by atoms with van der Waals surface area (Å²) in [5.41, 5.74) is -0.827. The number of sulfone groups is 1. The summed E-state index contributed by atoms with van der Waals surface area (Å²) in [6, 6.07) is 6.35. The van der Waals surface area contributed by atoms with Crippen LogP contribution in [-0.2, 0) is 9.84 Å². The molecule has 0 spiro atoms. The van der Waals surface area contributed by atoms with Crippen LogP contribution in [0.5, 0.6) is 5.75 Å². The first kappa shape index (κ1) is 14.3. The van der Waals surface area contributed by atoms with Gasteiger partial charge in [-0.15, -0.1) is 0 Å². The number of hydrogen-bond donors (Lipinski definition) is 2. The van der Waals surface area contributed by atoms with Gasteiger partial charge in [0.05, 0.1) is 4.90 Å². The second kappa shape index (κ2) is 5.48. The minimum atomic E-state index is -3.24. The van der Waals surface area contributed by atoms with Gasteiger partial charge in [0.2, 0.25) is 0 Å². The van der Waals surface area contributed by atoms with Gasteiger partial charge in [-0.1, -0.05) is 6.07 Å². The Morgan fingerprint density at radius 2 is 2.05 bits per heavy atom. The zero-order valence-corrected chi connectivity index (χ0v) is 11.7. The molecular weight excluding hydrogens is 266 g/mol. The first-order valence-electron chi connectivity index (χ1n) is 6.25. The van der Waals surface area contributed by atoms with Crippen LogP contribution in [0, 0.1) is 0 Å². The van der Waals surface area contributed by atoms with Crippen LogP contribution < -0.4 is 10.1 Å². The van der Waals surface area contributed by atoms with Crippen LogP contribution in [0.1, 0.15) is 12.8 Å². The summed E-state index contributed by atoms with van der Waals surface area (Å²) in [7, 11) is -3.24. The summed E-state index contributed by atoms with van der Waals surface area (Å²) in [6.07, 6.45) is 2.43. The summed E-state index contributed by atoms with van der Waals surface area (Å²) in [5.74, 6) is 0.467. The molecule has 1 aromatic carbocycles. The molecule has 1 aromatic rings. The smallest absolute Gasteiger partial charge is 0.175 e. The van der Waals surface area contributed by atoms with Crippen molar-refractivity contribution in [2.45, 2.75) is 23.3 Å². The third kappa shape index (κ3) is 3.92. The van der Waals surface area contributed by atoms with Gasteiger partial charge >= 0.3 is 0 Å². The monoisotopic (exact) mass is 285 g/mol. The van der Waals surface area contributed by atoms with E-state index >= 15 is 0 Å². The zero-order chi connectivity index (χ0) is 13.9. The molecule has 1 heterocycles. The SMILES string of the molecule is CS(=O)(=O)c1cccc(OCC2(O)CCNCC2)c1. The van der Waals surface area contributed by atoms with Crippen LogP contribution >= 0.6 is 0 Å². The van der Waals surface area contributed by atoms with Gasteiger partial charge in [0.25, 0.3) is 0 Å². The molecule has 2 rings (SSSR count). The second-order valence-corrected chi connectivity index (χ2v) is 7.03. The fourth-order valence-electron chi connectivity index (χ4n) is 2.05. The molecule has 6 heteroatoms. The van der Waals surface area contributed by atoms with E-state index in [0.717, 1.165) is 19.3 Å². The number of aliphatic hydroxyl groups is 1. The standard InChI is InChI=1S/C13H19NO4S/c1-19(16,17)12-4-2-3-11(9-12)18-10-13(15)5-7-14-8-6-13/h2-4,9,14-15H,5-8,10H2,1H3. The van der Waals surface area contributed by atoms with E-state index in [0.29, 0.717) is 18.6 Å². The Bertz CT molecular complexity index is 535. The largest absolute Gasteiger partial charge is 0.491 e. The van der Waals surface area contributed by atoms with Crippen LogP contribution in [-0.4, -0.2) is 45.1 Å². The van der Waals surface area contributed by atoms with Crippen LogP contribution in [0.25, 0.3) is 0 Å². The Morgan fingerprint density at radius 3 is 2.68 bits per heavy atom. The molecule has 0 saturated carbocycles. The molecule has 2 N–H and O–H groups in total. The predicted octanol–water partition coefficient (Wildman–Crippen LogP) is 0.583. The Kier molecular flexibility index (Phi) is 4.13. The molecule has 106 valence electrons. The van der Waals surface area contributed by atoms with E-state index < -0.39 is 15.4 Å². The predicted molar refractivity (Wildman–Crippen MR) is 72.1 cm³/mol. The average molecular weight is 285 g/mol. The van der Waals surface area contributed by atoms with Crippen molar-refractivity contribution in [3.8, 4) is 5.75 Å². The molecule has 1 fully saturated rings. The first-order chi connectivity index (χ1) is 8.89. The normalized spacial score (nSPS) is 19.1. The Labute approximate surface area is 113 Å². The molecule has 0 bridgehead atoms. The number of benzene rings is 1. The lowest BCUT2D eigenvalue weighted by molar-refractivity contribution is -0.0286. The summed E-state index contributed by atoms with van der Waals surface area (Å²) in [5, 5.41) is 13.5. The van der Waals surface area contributed by atoms with Crippen molar-refractivity contribution in [1.82, 2.24) is 5.32 Å².